The van der Waals surface area contributed by atoms with Crippen LogP contribution in [0.1, 0.15) is 24.5 Å². The van der Waals surface area contributed by atoms with Crippen LogP contribution in [0.4, 0.5) is 0 Å². The van der Waals surface area contributed by atoms with Gasteiger partial charge in [0.25, 0.3) is 0 Å². The van der Waals surface area contributed by atoms with E-state index in [0.717, 1.165) is 0 Å². The third-order valence-electron chi connectivity index (χ3n) is 4.28. The number of methoxy groups -OCH3 is 1. The zero-order chi connectivity index (χ0) is 19.3. The van der Waals surface area contributed by atoms with Crippen molar-refractivity contribution in [3.8, 4) is 6.07 Å². The fourth-order valence-corrected chi connectivity index (χ4v) is 3.02. The van der Waals surface area contributed by atoms with Crippen molar-refractivity contribution in [3.05, 3.63) is 35.4 Å². The maximum absolute atomic E-state index is 12.6. The number of aliphatic hydroxyl groups excluding tert-OH is 1. The molecule has 8 nitrogen and oxygen atoms in total. The summed E-state index contributed by atoms with van der Waals surface area (Å²) < 4.78 is 4.75. The Hall–Kier alpha value is -2.92. The number of benzene rings is 1. The molecule has 8 heteroatoms. The van der Waals surface area contributed by atoms with Crippen molar-refractivity contribution in [1.29, 1.82) is 5.26 Å². The van der Waals surface area contributed by atoms with Gasteiger partial charge in [0.1, 0.15) is 12.1 Å². The van der Waals surface area contributed by atoms with Crippen LogP contribution in [-0.4, -0.2) is 59.6 Å². The summed E-state index contributed by atoms with van der Waals surface area (Å²) >= 11 is 0. The predicted molar refractivity (Wildman–Crippen MR) is 90.6 cm³/mol. The van der Waals surface area contributed by atoms with Gasteiger partial charge in [0.05, 0.1) is 24.8 Å². The van der Waals surface area contributed by atoms with E-state index in [0.29, 0.717) is 11.1 Å². The summed E-state index contributed by atoms with van der Waals surface area (Å²) in [5.74, 6) is -1.48. The number of esters is 1. The van der Waals surface area contributed by atoms with Crippen LogP contribution in [0.2, 0.25) is 0 Å². The zero-order valence-corrected chi connectivity index (χ0v) is 14.6. The van der Waals surface area contributed by atoms with Crippen molar-refractivity contribution in [2.75, 3.05) is 13.7 Å². The Labute approximate surface area is 151 Å². The molecule has 0 aliphatic carbocycles. The van der Waals surface area contributed by atoms with Crippen LogP contribution in [0.15, 0.2) is 24.3 Å². The fraction of sp³-hybridized carbons (Fsp3) is 0.444. The number of nitrogens with zero attached hydrogens (tertiary/aromatic N) is 2. The molecule has 1 fully saturated rings. The van der Waals surface area contributed by atoms with Crippen molar-refractivity contribution in [1.82, 2.24) is 10.2 Å². The van der Waals surface area contributed by atoms with Crippen LogP contribution in [-0.2, 0) is 25.5 Å². The normalized spacial score (nSPS) is 20.2. The van der Waals surface area contributed by atoms with Crippen molar-refractivity contribution in [2.24, 2.45) is 0 Å². The summed E-state index contributed by atoms with van der Waals surface area (Å²) in [5, 5.41) is 21.3. The third-order valence-corrected chi connectivity index (χ3v) is 4.28. The van der Waals surface area contributed by atoms with E-state index in [1.54, 1.807) is 24.3 Å². The molecule has 0 bridgehead atoms. The standard InChI is InChI=1S/C18H21N3O5/c1-11(22)21-10-14(23)8-16(21)17(24)20-15(18(25)26-2)7-12-4-3-5-13(6-12)9-19/h3-6,14-16,23H,7-8,10H2,1-2H3,(H,20,24)/t14-,15-,16+/m1/s1. The van der Waals surface area contributed by atoms with E-state index in [1.807, 2.05) is 6.07 Å². The van der Waals surface area contributed by atoms with Gasteiger partial charge in [-0.25, -0.2) is 4.79 Å². The molecular weight excluding hydrogens is 338 g/mol. The monoisotopic (exact) mass is 359 g/mol. The summed E-state index contributed by atoms with van der Waals surface area (Å²) in [4.78, 5) is 37.6. The second-order valence-electron chi connectivity index (χ2n) is 6.18. The first-order valence-corrected chi connectivity index (χ1v) is 8.18. The smallest absolute Gasteiger partial charge is 0.328 e. The second-order valence-corrected chi connectivity index (χ2v) is 6.18. The van der Waals surface area contributed by atoms with Gasteiger partial charge in [-0.3, -0.25) is 9.59 Å². The van der Waals surface area contributed by atoms with Gasteiger partial charge in [0.15, 0.2) is 0 Å². The molecule has 26 heavy (non-hydrogen) atoms. The number of carbonyl (C=O) groups excluding carboxylic acids is 3. The topological polar surface area (TPSA) is 120 Å². The minimum atomic E-state index is -0.965. The van der Waals surface area contributed by atoms with Gasteiger partial charge in [0.2, 0.25) is 11.8 Å². The number of nitriles is 1. The van der Waals surface area contributed by atoms with Crippen molar-refractivity contribution >= 4 is 17.8 Å². The Morgan fingerprint density at radius 3 is 2.81 bits per heavy atom. The molecule has 0 aromatic heterocycles. The Bertz CT molecular complexity index is 743. The molecule has 0 unspecified atom stereocenters. The molecule has 2 rings (SSSR count). The highest BCUT2D eigenvalue weighted by Gasteiger charge is 2.38. The van der Waals surface area contributed by atoms with Crippen LogP contribution in [0, 0.1) is 11.3 Å². The first-order chi connectivity index (χ1) is 12.3. The first kappa shape index (κ1) is 19.4. The summed E-state index contributed by atoms with van der Waals surface area (Å²) in [6.07, 6.45) is -0.523. The quantitative estimate of drug-likeness (QED) is 0.699. The number of aliphatic hydroxyl groups is 1. The molecule has 0 radical (unpaired) electrons. The van der Waals surface area contributed by atoms with Crippen molar-refractivity contribution in [3.63, 3.8) is 0 Å². The number of rotatable bonds is 5. The molecule has 1 aliphatic rings. The van der Waals surface area contributed by atoms with E-state index in [2.05, 4.69) is 5.32 Å². The minimum Gasteiger partial charge on any atom is -0.467 e. The first-order valence-electron chi connectivity index (χ1n) is 8.18. The van der Waals surface area contributed by atoms with E-state index in [9.17, 15) is 19.5 Å². The van der Waals surface area contributed by atoms with Gasteiger partial charge in [-0.05, 0) is 17.7 Å². The highest BCUT2D eigenvalue weighted by Crippen LogP contribution is 2.19. The van der Waals surface area contributed by atoms with Gasteiger partial charge >= 0.3 is 5.97 Å². The number of hydrogen-bond donors (Lipinski definition) is 2. The average Bonchev–Trinajstić information content (AvgIpc) is 3.03. The number of likely N-dealkylation sites (tertiary alicyclic amines) is 1. The van der Waals surface area contributed by atoms with Gasteiger partial charge in [-0.2, -0.15) is 5.26 Å². The highest BCUT2D eigenvalue weighted by atomic mass is 16.5. The van der Waals surface area contributed by atoms with Gasteiger partial charge in [-0.1, -0.05) is 12.1 Å². The number of nitrogens with one attached hydrogen (secondary N) is 1. The summed E-state index contributed by atoms with van der Waals surface area (Å²) in [7, 11) is 1.22. The molecule has 138 valence electrons. The molecule has 0 spiro atoms. The molecular formula is C18H21N3O5. The maximum atomic E-state index is 12.6. The van der Waals surface area contributed by atoms with Gasteiger partial charge in [-0.15, -0.1) is 0 Å². The third kappa shape index (κ3) is 4.58. The van der Waals surface area contributed by atoms with Crippen LogP contribution in [0.5, 0.6) is 0 Å². The molecule has 1 aromatic carbocycles. The average molecular weight is 359 g/mol. The minimum absolute atomic E-state index is 0.0839. The maximum Gasteiger partial charge on any atom is 0.328 e. The van der Waals surface area contributed by atoms with Crippen molar-refractivity contribution in [2.45, 2.75) is 38.0 Å². The lowest BCUT2D eigenvalue weighted by Gasteiger charge is -2.24. The molecule has 0 saturated carbocycles. The molecule has 3 atom stereocenters. The summed E-state index contributed by atoms with van der Waals surface area (Å²) in [5.41, 5.74) is 1.13. The highest BCUT2D eigenvalue weighted by molar-refractivity contribution is 5.91. The molecule has 1 heterocycles. The largest absolute Gasteiger partial charge is 0.467 e. The number of β-amino-alcohol motifs (C(OH)–C–C–N with tert-alkyl or cyclic N) is 1. The van der Waals surface area contributed by atoms with E-state index < -0.39 is 30.1 Å². The molecule has 1 aromatic rings. The Morgan fingerprint density at radius 1 is 1.46 bits per heavy atom. The van der Waals surface area contributed by atoms with E-state index >= 15 is 0 Å². The number of ether oxygens (including phenoxy) is 1. The fourth-order valence-electron chi connectivity index (χ4n) is 3.02. The van der Waals surface area contributed by atoms with Crippen LogP contribution in [0.3, 0.4) is 0 Å². The Kier molecular flexibility index (Phi) is 6.31. The van der Waals surface area contributed by atoms with E-state index in [1.165, 1.54) is 18.9 Å². The van der Waals surface area contributed by atoms with Crippen LogP contribution in [0.25, 0.3) is 0 Å². The van der Waals surface area contributed by atoms with Gasteiger partial charge < -0.3 is 20.1 Å². The van der Waals surface area contributed by atoms with Crippen molar-refractivity contribution < 1.29 is 24.2 Å². The Balaban J connectivity index is 2.14. The second kappa shape index (κ2) is 8.45. The van der Waals surface area contributed by atoms with Gasteiger partial charge in [0, 0.05) is 26.3 Å². The molecule has 2 amide bonds. The van der Waals surface area contributed by atoms with E-state index in [4.69, 9.17) is 10.00 Å². The lowest BCUT2D eigenvalue weighted by atomic mass is 10.0. The van der Waals surface area contributed by atoms with E-state index in [-0.39, 0.29) is 25.3 Å². The molecule has 1 saturated heterocycles. The number of hydrogen-bond acceptors (Lipinski definition) is 6. The molecule has 1 aliphatic heterocycles. The summed E-state index contributed by atoms with van der Waals surface area (Å²) in [6, 6.07) is 6.92. The van der Waals surface area contributed by atoms with Crippen LogP contribution < -0.4 is 5.32 Å². The lowest BCUT2D eigenvalue weighted by molar-refractivity contribution is -0.146. The zero-order valence-electron chi connectivity index (χ0n) is 14.6. The predicted octanol–water partition coefficient (Wildman–Crippen LogP) is -0.260. The molecule has 2 N–H and O–H groups in total. The summed E-state index contributed by atoms with van der Waals surface area (Å²) in [6.45, 7) is 1.41. The number of amides is 2. The number of carbonyl (C=O) groups is 3. The SMILES string of the molecule is COC(=O)[C@@H](Cc1cccc(C#N)c1)NC(=O)[C@@H]1C[C@@H](O)CN1C(C)=O. The Morgan fingerprint density at radius 2 is 2.19 bits per heavy atom. The lowest BCUT2D eigenvalue weighted by Crippen LogP contribution is -2.51. The van der Waals surface area contributed by atoms with Crippen LogP contribution >= 0.6 is 0 Å².